The number of hydrogen-bond donors (Lipinski definition) is 3. The number of phenolic OH excluding ortho intramolecular Hbond substituents is 1. The van der Waals surface area contributed by atoms with Crippen LogP contribution in [0, 0.1) is 5.92 Å². The predicted molar refractivity (Wildman–Crippen MR) is 140 cm³/mol. The average molecular weight is 645 g/mol. The summed E-state index contributed by atoms with van der Waals surface area (Å²) in [6, 6.07) is 7.99. The van der Waals surface area contributed by atoms with E-state index in [1.54, 1.807) is 18.2 Å². The minimum absolute atomic E-state index is 0.00608. The Morgan fingerprint density at radius 2 is 1.95 bits per heavy atom. The van der Waals surface area contributed by atoms with E-state index in [2.05, 4.69) is 42.1 Å². The van der Waals surface area contributed by atoms with E-state index in [9.17, 15) is 28.2 Å². The van der Waals surface area contributed by atoms with Gasteiger partial charge in [-0.05, 0) is 93.1 Å². The zero-order valence-corrected chi connectivity index (χ0v) is 23.1. The number of nitrogens with zero attached hydrogens (tertiary/aromatic N) is 2. The van der Waals surface area contributed by atoms with E-state index < -0.39 is 12.3 Å². The maximum Gasteiger partial charge on any atom is 0.488 e. The van der Waals surface area contributed by atoms with Gasteiger partial charge in [0.05, 0.1) is 33.0 Å². The lowest BCUT2D eigenvalue weighted by Gasteiger charge is -2.45. The number of rotatable bonds is 5. The van der Waals surface area contributed by atoms with Crippen molar-refractivity contribution in [2.45, 2.75) is 43.6 Å². The molecule has 3 aromatic rings. The fourth-order valence-electron chi connectivity index (χ4n) is 5.95. The molecule has 1 unspecified atom stereocenters. The molecule has 0 bridgehead atoms. The fraction of sp³-hybridized carbons (Fsp3) is 0.423. The Morgan fingerprint density at radius 3 is 2.59 bits per heavy atom. The number of carbonyl (C=O) groups is 1. The summed E-state index contributed by atoms with van der Waals surface area (Å²) < 4.78 is 42.4. The number of aliphatic hydroxyl groups excluding tert-OH is 1. The number of aromatic hydroxyl groups is 1. The highest BCUT2D eigenvalue weighted by Crippen LogP contribution is 2.46. The molecule has 0 radical (unpaired) electrons. The summed E-state index contributed by atoms with van der Waals surface area (Å²) >= 11 is 6.60. The first-order valence-electron chi connectivity index (χ1n) is 12.0. The zero-order valence-electron chi connectivity index (χ0n) is 19.9. The molecular formula is C26H26Br2F3N3O3. The molecule has 0 spiro atoms. The van der Waals surface area contributed by atoms with Crippen LogP contribution in [0.3, 0.4) is 0 Å². The molecule has 5 rings (SSSR count). The number of aromatic nitrogens is 1. The van der Waals surface area contributed by atoms with E-state index in [1.807, 2.05) is 13.1 Å². The Morgan fingerprint density at radius 1 is 1.24 bits per heavy atom. The first kappa shape index (κ1) is 26.5. The molecule has 37 heavy (non-hydrogen) atoms. The van der Waals surface area contributed by atoms with Crippen LogP contribution in [0.25, 0.3) is 10.9 Å². The standard InChI is InChI=1S/C26H26Br2F3N3O3/c1-33-10-15(25(37)32-16(12-35)5-13-6-19(27)24(36)20(28)7-13)8-18-17-3-2-4-21-23(17)14(9-22(18)33)11-34(21)26(29,30)31/h2-4,6-7,11,15-16,18,22,35-36H,5,8-10,12H2,1H3,(H,32,37)/t15-,16?,18-,22-/m1/s1. The molecule has 3 N–H and O–H groups in total. The lowest BCUT2D eigenvalue weighted by atomic mass is 9.72. The van der Waals surface area contributed by atoms with Gasteiger partial charge in [-0.1, -0.05) is 12.1 Å². The fourth-order valence-corrected chi connectivity index (χ4v) is 7.23. The topological polar surface area (TPSA) is 77.7 Å². The summed E-state index contributed by atoms with van der Waals surface area (Å²) in [6.07, 6.45) is -1.91. The maximum absolute atomic E-state index is 13.7. The molecule has 6 nitrogen and oxygen atoms in total. The number of nitrogens with one attached hydrogen (secondary N) is 1. The third kappa shape index (κ3) is 4.91. The van der Waals surface area contributed by atoms with Crippen LogP contribution in [-0.4, -0.2) is 57.9 Å². The SMILES string of the molecule is CN1C[C@H](C(=O)NC(CO)Cc2cc(Br)c(O)c(Br)c2)C[C@@H]2c3cccc4c3c(cn4C(F)(F)F)C[C@H]21. The van der Waals surface area contributed by atoms with Crippen LogP contribution in [0.4, 0.5) is 13.2 Å². The average Bonchev–Trinajstić information content (AvgIpc) is 3.23. The van der Waals surface area contributed by atoms with Gasteiger partial charge in [-0.2, -0.15) is 0 Å². The smallest absolute Gasteiger partial charge is 0.488 e. The van der Waals surface area contributed by atoms with Gasteiger partial charge in [0.1, 0.15) is 5.75 Å². The second kappa shape index (κ2) is 9.91. The molecular weight excluding hydrogens is 619 g/mol. The summed E-state index contributed by atoms with van der Waals surface area (Å²) in [5.74, 6) is -0.567. The number of likely N-dealkylation sites (tertiary alicyclic amines) is 1. The van der Waals surface area contributed by atoms with Gasteiger partial charge in [-0.25, -0.2) is 0 Å². The summed E-state index contributed by atoms with van der Waals surface area (Å²) in [7, 11) is 1.91. The predicted octanol–water partition coefficient (Wildman–Crippen LogP) is 5.03. The quantitative estimate of drug-likeness (QED) is 0.364. The highest BCUT2D eigenvalue weighted by atomic mass is 79.9. The third-order valence-corrected chi connectivity index (χ3v) is 8.82. The lowest BCUT2D eigenvalue weighted by molar-refractivity contribution is -0.200. The van der Waals surface area contributed by atoms with Crippen molar-refractivity contribution in [3.05, 3.63) is 62.2 Å². The summed E-state index contributed by atoms with van der Waals surface area (Å²) in [4.78, 5) is 15.4. The van der Waals surface area contributed by atoms with Crippen molar-refractivity contribution >= 4 is 48.7 Å². The van der Waals surface area contributed by atoms with E-state index in [-0.39, 0.29) is 41.7 Å². The van der Waals surface area contributed by atoms with Gasteiger partial charge in [-0.15, -0.1) is 13.2 Å². The van der Waals surface area contributed by atoms with E-state index in [4.69, 9.17) is 0 Å². The maximum atomic E-state index is 13.7. The molecule has 2 aliphatic rings. The Balaban J connectivity index is 1.37. The number of alkyl halides is 3. The van der Waals surface area contributed by atoms with Crippen molar-refractivity contribution in [3.63, 3.8) is 0 Å². The zero-order chi connectivity index (χ0) is 26.6. The van der Waals surface area contributed by atoms with Crippen LogP contribution >= 0.6 is 31.9 Å². The Kier molecular flexibility index (Phi) is 7.10. The van der Waals surface area contributed by atoms with E-state index in [0.717, 1.165) is 11.1 Å². The van der Waals surface area contributed by atoms with Crippen LogP contribution in [-0.2, 0) is 23.9 Å². The first-order chi connectivity index (χ1) is 17.5. The summed E-state index contributed by atoms with van der Waals surface area (Å²) in [6.45, 7) is 0.219. The van der Waals surface area contributed by atoms with Crippen molar-refractivity contribution in [2.75, 3.05) is 20.2 Å². The molecule has 1 aliphatic carbocycles. The second-order valence-corrected chi connectivity index (χ2v) is 11.7. The van der Waals surface area contributed by atoms with Gasteiger partial charge in [0, 0.05) is 30.1 Å². The largest absolute Gasteiger partial charge is 0.506 e. The van der Waals surface area contributed by atoms with Crippen molar-refractivity contribution in [2.24, 2.45) is 5.92 Å². The molecule has 1 aliphatic heterocycles. The van der Waals surface area contributed by atoms with E-state index >= 15 is 0 Å². The van der Waals surface area contributed by atoms with Crippen molar-refractivity contribution in [1.29, 1.82) is 0 Å². The monoisotopic (exact) mass is 643 g/mol. The normalized spacial score (nSPS) is 22.6. The highest BCUT2D eigenvalue weighted by molar-refractivity contribution is 9.11. The number of phenols is 1. The third-order valence-electron chi connectivity index (χ3n) is 7.62. The number of piperidine rings is 1. The van der Waals surface area contributed by atoms with E-state index in [0.29, 0.717) is 50.3 Å². The molecule has 1 fully saturated rings. The van der Waals surface area contributed by atoms with Gasteiger partial charge in [0.25, 0.3) is 0 Å². The number of fused-ring (bicyclic) bond motifs is 2. The van der Waals surface area contributed by atoms with Crippen molar-refractivity contribution < 1.29 is 28.2 Å². The Bertz CT molecular complexity index is 1340. The molecule has 11 heteroatoms. The van der Waals surface area contributed by atoms with Gasteiger partial charge in [0.2, 0.25) is 5.91 Å². The van der Waals surface area contributed by atoms with Crippen LogP contribution in [0.5, 0.6) is 5.75 Å². The van der Waals surface area contributed by atoms with Crippen LogP contribution in [0.2, 0.25) is 0 Å². The number of likely N-dealkylation sites (N-methyl/N-ethyl adjacent to an activating group) is 1. The minimum atomic E-state index is -4.50. The molecule has 0 saturated carbocycles. The van der Waals surface area contributed by atoms with Gasteiger partial charge < -0.3 is 20.4 Å². The van der Waals surface area contributed by atoms with Crippen molar-refractivity contribution in [1.82, 2.24) is 14.8 Å². The number of halogens is 5. The Hall–Kier alpha value is -2.08. The summed E-state index contributed by atoms with van der Waals surface area (Å²) in [5.41, 5.74) is 2.51. The first-order valence-corrected chi connectivity index (χ1v) is 13.5. The molecule has 1 aromatic heterocycles. The van der Waals surface area contributed by atoms with Crippen LogP contribution in [0.1, 0.15) is 29.0 Å². The number of benzene rings is 2. The molecule has 2 aromatic carbocycles. The van der Waals surface area contributed by atoms with Crippen molar-refractivity contribution in [3.8, 4) is 5.75 Å². The molecule has 1 amide bonds. The number of carbonyl (C=O) groups excluding carboxylic acids is 1. The minimum Gasteiger partial charge on any atom is -0.506 e. The highest BCUT2D eigenvalue weighted by Gasteiger charge is 2.43. The number of hydrogen-bond acceptors (Lipinski definition) is 4. The number of aliphatic hydroxyl groups is 1. The number of amides is 1. The Labute approximate surface area is 228 Å². The van der Waals surface area contributed by atoms with Crippen LogP contribution in [0.15, 0.2) is 45.5 Å². The van der Waals surface area contributed by atoms with Gasteiger partial charge in [-0.3, -0.25) is 9.36 Å². The van der Waals surface area contributed by atoms with Gasteiger partial charge in [0.15, 0.2) is 0 Å². The summed E-state index contributed by atoms with van der Waals surface area (Å²) in [5, 5.41) is 23.5. The molecule has 4 atom stereocenters. The van der Waals surface area contributed by atoms with E-state index in [1.165, 1.54) is 12.3 Å². The molecule has 1 saturated heterocycles. The molecule has 198 valence electrons. The lowest BCUT2D eigenvalue weighted by Crippen LogP contribution is -2.53. The second-order valence-electron chi connectivity index (χ2n) is 9.98. The van der Waals surface area contributed by atoms with Gasteiger partial charge >= 0.3 is 6.30 Å². The van der Waals surface area contributed by atoms with Crippen LogP contribution < -0.4 is 5.32 Å². The molecule has 2 heterocycles.